The van der Waals surface area contributed by atoms with Gasteiger partial charge in [-0.3, -0.25) is 14.6 Å². The van der Waals surface area contributed by atoms with Gasteiger partial charge >= 0.3 is 0 Å². The van der Waals surface area contributed by atoms with Gasteiger partial charge in [0.1, 0.15) is 5.69 Å². The Morgan fingerprint density at radius 1 is 0.893 bits per heavy atom. The van der Waals surface area contributed by atoms with Crippen molar-refractivity contribution in [1.82, 2.24) is 10.3 Å². The Labute approximate surface area is 164 Å². The molecule has 28 heavy (non-hydrogen) atoms. The maximum absolute atomic E-state index is 12.6. The third kappa shape index (κ3) is 4.82. The zero-order valence-electron chi connectivity index (χ0n) is 16.0. The van der Waals surface area contributed by atoms with Crippen molar-refractivity contribution in [1.29, 1.82) is 0 Å². The van der Waals surface area contributed by atoms with Gasteiger partial charge in [0.2, 0.25) is 0 Å². The van der Waals surface area contributed by atoms with Gasteiger partial charge in [-0.05, 0) is 49.1 Å². The van der Waals surface area contributed by atoms with E-state index in [1.807, 2.05) is 62.4 Å². The van der Waals surface area contributed by atoms with Crippen LogP contribution in [0.2, 0.25) is 0 Å². The summed E-state index contributed by atoms with van der Waals surface area (Å²) in [5.74, 6) is -0.559. The minimum Gasteiger partial charge on any atom is -0.350 e. The highest BCUT2D eigenvalue weighted by molar-refractivity contribution is 6.06. The van der Waals surface area contributed by atoms with Crippen LogP contribution in [0.4, 0.5) is 5.69 Å². The molecule has 0 saturated heterocycles. The normalized spacial score (nSPS) is 10.4. The highest BCUT2D eigenvalue weighted by atomic mass is 16.2. The molecule has 142 valence electrons. The van der Waals surface area contributed by atoms with Crippen molar-refractivity contribution in [3.63, 3.8) is 0 Å². The second-order valence-electron chi connectivity index (χ2n) is 6.64. The summed E-state index contributed by atoms with van der Waals surface area (Å²) < 4.78 is 0. The number of carbonyl (C=O) groups is 2. The molecule has 5 nitrogen and oxygen atoms in total. The summed E-state index contributed by atoms with van der Waals surface area (Å²) in [6.07, 6.45) is 2.21. The standard InChI is InChI=1S/C23H23N3O2/c1-16-7-6-8-17(2)21(16)26-22(27)19-12-14-24-20(15-19)23(28)25-13-11-18-9-4-3-5-10-18/h3-10,12,14-15H,11,13H2,1-2H3,(H,25,28)(H,26,27). The Balaban J connectivity index is 1.64. The van der Waals surface area contributed by atoms with Crippen molar-refractivity contribution < 1.29 is 9.59 Å². The lowest BCUT2D eigenvalue weighted by Gasteiger charge is -2.12. The first-order valence-corrected chi connectivity index (χ1v) is 9.20. The number of aryl methyl sites for hydroxylation is 2. The second kappa shape index (κ2) is 8.95. The number of pyridine rings is 1. The summed E-state index contributed by atoms with van der Waals surface area (Å²) in [5.41, 5.74) is 4.53. The van der Waals surface area contributed by atoms with Crippen LogP contribution >= 0.6 is 0 Å². The van der Waals surface area contributed by atoms with Gasteiger partial charge in [-0.25, -0.2) is 0 Å². The van der Waals surface area contributed by atoms with Crippen LogP contribution in [0.1, 0.15) is 37.5 Å². The molecule has 0 aliphatic rings. The quantitative estimate of drug-likeness (QED) is 0.688. The summed E-state index contributed by atoms with van der Waals surface area (Å²) in [5, 5.41) is 5.78. The molecule has 0 saturated carbocycles. The third-order valence-electron chi connectivity index (χ3n) is 4.52. The van der Waals surface area contributed by atoms with E-state index >= 15 is 0 Å². The number of benzene rings is 2. The predicted molar refractivity (Wildman–Crippen MR) is 111 cm³/mol. The van der Waals surface area contributed by atoms with E-state index in [1.54, 1.807) is 6.07 Å². The van der Waals surface area contributed by atoms with E-state index in [9.17, 15) is 9.59 Å². The van der Waals surface area contributed by atoms with E-state index in [0.29, 0.717) is 12.1 Å². The molecule has 0 radical (unpaired) electrons. The Bertz CT molecular complexity index is 964. The van der Waals surface area contributed by atoms with E-state index in [2.05, 4.69) is 15.6 Å². The van der Waals surface area contributed by atoms with Crippen LogP contribution in [0.5, 0.6) is 0 Å². The van der Waals surface area contributed by atoms with Crippen LogP contribution in [0, 0.1) is 13.8 Å². The van der Waals surface area contributed by atoms with Gasteiger partial charge < -0.3 is 10.6 Å². The number of hydrogen-bond acceptors (Lipinski definition) is 3. The van der Waals surface area contributed by atoms with Crippen molar-refractivity contribution in [2.45, 2.75) is 20.3 Å². The fourth-order valence-electron chi connectivity index (χ4n) is 2.95. The number of hydrogen-bond donors (Lipinski definition) is 2. The molecule has 0 aliphatic heterocycles. The number of carbonyl (C=O) groups excluding carboxylic acids is 2. The lowest BCUT2D eigenvalue weighted by atomic mass is 10.1. The summed E-state index contributed by atoms with van der Waals surface area (Å²) in [7, 11) is 0. The van der Waals surface area contributed by atoms with Crippen molar-refractivity contribution in [2.75, 3.05) is 11.9 Å². The van der Waals surface area contributed by atoms with Crippen molar-refractivity contribution in [3.05, 3.63) is 94.8 Å². The largest absolute Gasteiger partial charge is 0.350 e. The number of aromatic nitrogens is 1. The first-order chi connectivity index (χ1) is 13.5. The summed E-state index contributed by atoms with van der Waals surface area (Å²) in [6.45, 7) is 4.39. The molecule has 2 aromatic carbocycles. The number of rotatable bonds is 6. The summed E-state index contributed by atoms with van der Waals surface area (Å²) in [6, 6.07) is 18.9. The fraction of sp³-hybridized carbons (Fsp3) is 0.174. The maximum atomic E-state index is 12.6. The average molecular weight is 373 g/mol. The van der Waals surface area contributed by atoms with E-state index in [1.165, 1.54) is 12.3 Å². The maximum Gasteiger partial charge on any atom is 0.269 e. The van der Waals surface area contributed by atoms with E-state index in [0.717, 1.165) is 28.8 Å². The van der Waals surface area contributed by atoms with Gasteiger partial charge in [0, 0.05) is 24.0 Å². The number of para-hydroxylation sites is 1. The molecule has 0 spiro atoms. The monoisotopic (exact) mass is 373 g/mol. The Morgan fingerprint density at radius 2 is 1.61 bits per heavy atom. The molecule has 0 bridgehead atoms. The van der Waals surface area contributed by atoms with E-state index in [4.69, 9.17) is 0 Å². The molecule has 0 atom stereocenters. The number of anilines is 1. The van der Waals surface area contributed by atoms with E-state index in [-0.39, 0.29) is 17.5 Å². The SMILES string of the molecule is Cc1cccc(C)c1NC(=O)c1ccnc(C(=O)NCCc2ccccc2)c1. The highest BCUT2D eigenvalue weighted by Crippen LogP contribution is 2.20. The second-order valence-corrected chi connectivity index (χ2v) is 6.64. The molecule has 3 rings (SSSR count). The third-order valence-corrected chi connectivity index (χ3v) is 4.52. The van der Waals surface area contributed by atoms with Crippen LogP contribution in [-0.2, 0) is 6.42 Å². The van der Waals surface area contributed by atoms with Crippen LogP contribution < -0.4 is 10.6 Å². The minimum atomic E-state index is -0.294. The Hall–Kier alpha value is -3.47. The number of nitrogens with zero attached hydrogens (tertiary/aromatic N) is 1. The molecular weight excluding hydrogens is 350 g/mol. The molecule has 5 heteroatoms. The lowest BCUT2D eigenvalue weighted by molar-refractivity contribution is 0.0949. The molecule has 2 N–H and O–H groups in total. The van der Waals surface area contributed by atoms with Crippen LogP contribution in [-0.4, -0.2) is 23.3 Å². The summed E-state index contributed by atoms with van der Waals surface area (Å²) in [4.78, 5) is 29.1. The van der Waals surface area contributed by atoms with Crippen molar-refractivity contribution in [3.8, 4) is 0 Å². The van der Waals surface area contributed by atoms with Gasteiger partial charge in [-0.15, -0.1) is 0 Å². The molecule has 0 unspecified atom stereocenters. The van der Waals surface area contributed by atoms with Crippen LogP contribution in [0.25, 0.3) is 0 Å². The average Bonchev–Trinajstić information content (AvgIpc) is 2.71. The molecular formula is C23H23N3O2. The van der Waals surface area contributed by atoms with Crippen molar-refractivity contribution >= 4 is 17.5 Å². The summed E-state index contributed by atoms with van der Waals surface area (Å²) >= 11 is 0. The molecule has 3 aromatic rings. The zero-order valence-corrected chi connectivity index (χ0v) is 16.0. The fourth-order valence-corrected chi connectivity index (χ4v) is 2.95. The molecule has 0 fully saturated rings. The Kier molecular flexibility index (Phi) is 6.17. The van der Waals surface area contributed by atoms with Gasteiger partial charge in [0.05, 0.1) is 0 Å². The molecule has 1 heterocycles. The lowest BCUT2D eigenvalue weighted by Crippen LogP contribution is -2.27. The van der Waals surface area contributed by atoms with Gasteiger partial charge in [0.25, 0.3) is 11.8 Å². The topological polar surface area (TPSA) is 71.1 Å². The molecule has 0 aliphatic carbocycles. The van der Waals surface area contributed by atoms with Crippen LogP contribution in [0.15, 0.2) is 66.9 Å². The number of nitrogens with one attached hydrogen (secondary N) is 2. The zero-order chi connectivity index (χ0) is 19.9. The smallest absolute Gasteiger partial charge is 0.269 e. The Morgan fingerprint density at radius 3 is 2.32 bits per heavy atom. The van der Waals surface area contributed by atoms with Gasteiger partial charge in [-0.2, -0.15) is 0 Å². The first-order valence-electron chi connectivity index (χ1n) is 9.20. The van der Waals surface area contributed by atoms with Crippen molar-refractivity contribution in [2.24, 2.45) is 0 Å². The molecule has 1 aromatic heterocycles. The number of amides is 2. The van der Waals surface area contributed by atoms with Crippen LogP contribution in [0.3, 0.4) is 0 Å². The predicted octanol–water partition coefficient (Wildman–Crippen LogP) is 3.92. The van der Waals surface area contributed by atoms with Gasteiger partial charge in [0.15, 0.2) is 0 Å². The highest BCUT2D eigenvalue weighted by Gasteiger charge is 2.13. The van der Waals surface area contributed by atoms with E-state index < -0.39 is 0 Å². The minimum absolute atomic E-state index is 0.224. The first kappa shape index (κ1) is 19.3. The molecule has 2 amide bonds. The van der Waals surface area contributed by atoms with Gasteiger partial charge in [-0.1, -0.05) is 48.5 Å².